The van der Waals surface area contributed by atoms with E-state index in [0.717, 1.165) is 47.4 Å². The van der Waals surface area contributed by atoms with E-state index in [-0.39, 0.29) is 5.91 Å². The molecule has 3 aromatic rings. The van der Waals surface area contributed by atoms with Crippen LogP contribution in [0.2, 0.25) is 0 Å². The number of amides is 1. The molecule has 0 saturated carbocycles. The van der Waals surface area contributed by atoms with E-state index in [2.05, 4.69) is 9.27 Å². The molecule has 1 aliphatic rings. The molecule has 156 valence electrons. The number of benzene rings is 2. The van der Waals surface area contributed by atoms with Gasteiger partial charge >= 0.3 is 0 Å². The highest BCUT2D eigenvalue weighted by Crippen LogP contribution is 2.33. The van der Waals surface area contributed by atoms with Crippen LogP contribution in [-0.4, -0.2) is 55.6 Å². The average Bonchev–Trinajstić information content (AvgIpc) is 3.20. The summed E-state index contributed by atoms with van der Waals surface area (Å²) in [4.78, 5) is 17.7. The summed E-state index contributed by atoms with van der Waals surface area (Å²) in [6.07, 6.45) is 0. The summed E-state index contributed by atoms with van der Waals surface area (Å²) in [5, 5.41) is 0. The molecule has 2 heterocycles. The van der Waals surface area contributed by atoms with Crippen molar-refractivity contribution in [3.05, 3.63) is 53.4 Å². The SMILES string of the molecule is COc1ccc(-c2nsc(C(=O)N3CCN(c4ccc(OC)cc4)CC3)c2N)cc1. The number of nitrogen functional groups attached to an aromatic ring is 1. The topological polar surface area (TPSA) is 80.9 Å². The molecular formula is C22H24N4O3S. The Kier molecular flexibility index (Phi) is 5.76. The van der Waals surface area contributed by atoms with Gasteiger partial charge in [0.25, 0.3) is 5.91 Å². The van der Waals surface area contributed by atoms with Crippen LogP contribution in [0.4, 0.5) is 11.4 Å². The highest BCUT2D eigenvalue weighted by Gasteiger charge is 2.27. The van der Waals surface area contributed by atoms with Gasteiger partial charge in [-0.3, -0.25) is 4.79 Å². The second-order valence-corrected chi connectivity index (χ2v) is 7.75. The molecule has 0 radical (unpaired) electrons. The van der Waals surface area contributed by atoms with Gasteiger partial charge in [-0.2, -0.15) is 4.37 Å². The van der Waals surface area contributed by atoms with Crippen LogP contribution in [0.1, 0.15) is 9.67 Å². The first-order valence-corrected chi connectivity index (χ1v) is 10.5. The second kappa shape index (κ2) is 8.62. The van der Waals surface area contributed by atoms with Gasteiger partial charge in [0.2, 0.25) is 0 Å². The highest BCUT2D eigenvalue weighted by atomic mass is 32.1. The Morgan fingerprint density at radius 1 is 0.933 bits per heavy atom. The predicted octanol–water partition coefficient (Wildman–Crippen LogP) is 3.37. The van der Waals surface area contributed by atoms with Crippen LogP contribution in [0.15, 0.2) is 48.5 Å². The number of nitrogens with two attached hydrogens (primary N) is 1. The van der Waals surface area contributed by atoms with E-state index < -0.39 is 0 Å². The van der Waals surface area contributed by atoms with Gasteiger partial charge < -0.3 is 25.0 Å². The van der Waals surface area contributed by atoms with Gasteiger partial charge in [0.15, 0.2) is 0 Å². The van der Waals surface area contributed by atoms with Crippen LogP contribution >= 0.6 is 11.5 Å². The first kappa shape index (κ1) is 20.0. The summed E-state index contributed by atoms with van der Waals surface area (Å²) >= 11 is 1.16. The van der Waals surface area contributed by atoms with Gasteiger partial charge in [-0.05, 0) is 60.1 Å². The maximum Gasteiger partial charge on any atom is 0.267 e. The quantitative estimate of drug-likeness (QED) is 0.676. The number of methoxy groups -OCH3 is 2. The van der Waals surface area contributed by atoms with Crippen molar-refractivity contribution in [1.82, 2.24) is 9.27 Å². The number of aromatic nitrogens is 1. The lowest BCUT2D eigenvalue weighted by Gasteiger charge is -2.36. The number of piperazine rings is 1. The monoisotopic (exact) mass is 424 g/mol. The Balaban J connectivity index is 1.43. The zero-order valence-corrected chi connectivity index (χ0v) is 17.8. The molecule has 1 amide bonds. The fraction of sp³-hybridized carbons (Fsp3) is 0.273. The molecule has 2 aromatic carbocycles. The van der Waals surface area contributed by atoms with Crippen LogP contribution in [0.25, 0.3) is 11.3 Å². The van der Waals surface area contributed by atoms with Gasteiger partial charge in [-0.25, -0.2) is 0 Å². The molecule has 0 bridgehead atoms. The lowest BCUT2D eigenvalue weighted by atomic mass is 10.1. The Morgan fingerprint density at radius 2 is 1.50 bits per heavy atom. The average molecular weight is 425 g/mol. The van der Waals surface area contributed by atoms with E-state index in [1.165, 1.54) is 0 Å². The number of ether oxygens (including phenoxy) is 2. The zero-order valence-electron chi connectivity index (χ0n) is 17.0. The van der Waals surface area contributed by atoms with Crippen LogP contribution in [0.5, 0.6) is 11.5 Å². The number of nitrogens with zero attached hydrogens (tertiary/aromatic N) is 3. The predicted molar refractivity (Wildman–Crippen MR) is 120 cm³/mol. The third-order valence-electron chi connectivity index (χ3n) is 5.29. The van der Waals surface area contributed by atoms with Gasteiger partial charge in [-0.15, -0.1) is 0 Å². The summed E-state index contributed by atoms with van der Waals surface area (Å²) in [5.74, 6) is 1.54. The largest absolute Gasteiger partial charge is 0.497 e. The molecule has 0 spiro atoms. The lowest BCUT2D eigenvalue weighted by Crippen LogP contribution is -2.48. The molecule has 2 N–H and O–H groups in total. The minimum atomic E-state index is -0.0563. The molecule has 0 aliphatic carbocycles. The number of rotatable bonds is 5. The number of anilines is 2. The Bertz CT molecular complexity index is 1010. The van der Waals surface area contributed by atoms with Crippen molar-refractivity contribution < 1.29 is 14.3 Å². The van der Waals surface area contributed by atoms with E-state index in [9.17, 15) is 4.79 Å². The summed E-state index contributed by atoms with van der Waals surface area (Å²) in [6.45, 7) is 2.81. The zero-order chi connectivity index (χ0) is 21.1. The first-order chi connectivity index (χ1) is 14.6. The molecule has 4 rings (SSSR count). The number of carbonyl (C=O) groups excluding carboxylic acids is 1. The van der Waals surface area contributed by atoms with Crippen molar-refractivity contribution in [2.75, 3.05) is 51.0 Å². The molecule has 0 atom stereocenters. The van der Waals surface area contributed by atoms with Crippen molar-refractivity contribution in [3.63, 3.8) is 0 Å². The van der Waals surface area contributed by atoms with Crippen LogP contribution in [0, 0.1) is 0 Å². The standard InChI is InChI=1S/C22H24N4O3S/c1-28-17-7-3-15(4-8-17)20-19(23)21(30-24-20)22(27)26-13-11-25(12-14-26)16-5-9-18(29-2)10-6-16/h3-10H,11-14,23H2,1-2H3. The van der Waals surface area contributed by atoms with Crippen molar-refractivity contribution in [1.29, 1.82) is 0 Å². The minimum absolute atomic E-state index is 0.0563. The highest BCUT2D eigenvalue weighted by molar-refractivity contribution is 7.09. The van der Waals surface area contributed by atoms with Gasteiger partial charge in [0, 0.05) is 37.4 Å². The molecule has 1 aromatic heterocycles. The third-order valence-corrected chi connectivity index (χ3v) is 6.14. The molecule has 7 nitrogen and oxygen atoms in total. The van der Waals surface area contributed by atoms with Gasteiger partial charge in [0.1, 0.15) is 22.1 Å². The van der Waals surface area contributed by atoms with E-state index in [4.69, 9.17) is 15.2 Å². The van der Waals surface area contributed by atoms with Crippen LogP contribution in [0.3, 0.4) is 0 Å². The third kappa shape index (κ3) is 3.91. The second-order valence-electron chi connectivity index (χ2n) is 6.98. The Labute approximate surface area is 179 Å². The van der Waals surface area contributed by atoms with E-state index in [1.807, 2.05) is 53.4 Å². The molecule has 0 unspecified atom stereocenters. The smallest absolute Gasteiger partial charge is 0.267 e. The molecule has 1 aliphatic heterocycles. The van der Waals surface area contributed by atoms with Crippen molar-refractivity contribution in [2.45, 2.75) is 0 Å². The maximum absolute atomic E-state index is 13.1. The summed E-state index contributed by atoms with van der Waals surface area (Å²) in [5.41, 5.74) is 9.38. The Morgan fingerprint density at radius 3 is 2.07 bits per heavy atom. The summed E-state index contributed by atoms with van der Waals surface area (Å²) in [6, 6.07) is 15.5. The minimum Gasteiger partial charge on any atom is -0.497 e. The lowest BCUT2D eigenvalue weighted by molar-refractivity contribution is 0.0752. The maximum atomic E-state index is 13.1. The van der Waals surface area contributed by atoms with E-state index in [0.29, 0.717) is 29.3 Å². The van der Waals surface area contributed by atoms with Gasteiger partial charge in [-0.1, -0.05) is 0 Å². The molecule has 1 saturated heterocycles. The fourth-order valence-corrected chi connectivity index (χ4v) is 4.30. The van der Waals surface area contributed by atoms with Crippen molar-refractivity contribution in [2.24, 2.45) is 0 Å². The Hall–Kier alpha value is -3.26. The van der Waals surface area contributed by atoms with E-state index in [1.54, 1.807) is 14.2 Å². The number of hydrogen-bond donors (Lipinski definition) is 1. The normalized spacial score (nSPS) is 13.9. The van der Waals surface area contributed by atoms with Crippen LogP contribution < -0.4 is 20.1 Å². The molecular weight excluding hydrogens is 400 g/mol. The van der Waals surface area contributed by atoms with Gasteiger partial charge in [0.05, 0.1) is 19.9 Å². The molecule has 1 fully saturated rings. The van der Waals surface area contributed by atoms with Crippen LogP contribution in [-0.2, 0) is 0 Å². The first-order valence-electron chi connectivity index (χ1n) is 9.68. The molecule has 8 heteroatoms. The summed E-state index contributed by atoms with van der Waals surface area (Å²) in [7, 11) is 3.28. The number of hydrogen-bond acceptors (Lipinski definition) is 7. The van der Waals surface area contributed by atoms with E-state index >= 15 is 0 Å². The number of carbonyl (C=O) groups is 1. The molecule has 30 heavy (non-hydrogen) atoms. The van der Waals surface area contributed by atoms with Crippen molar-refractivity contribution in [3.8, 4) is 22.8 Å². The summed E-state index contributed by atoms with van der Waals surface area (Å²) < 4.78 is 14.8. The fourth-order valence-electron chi connectivity index (χ4n) is 3.51. The van der Waals surface area contributed by atoms with Crippen molar-refractivity contribution >= 4 is 28.8 Å².